The van der Waals surface area contributed by atoms with Crippen molar-refractivity contribution >= 4 is 22.5 Å². The van der Waals surface area contributed by atoms with Crippen molar-refractivity contribution in [3.63, 3.8) is 0 Å². The number of nitrogens with one attached hydrogen (secondary N) is 3. The highest BCUT2D eigenvalue weighted by atomic mass is 16.2. The van der Waals surface area contributed by atoms with Crippen LogP contribution in [0.1, 0.15) is 18.3 Å². The average Bonchev–Trinajstić information content (AvgIpc) is 3.08. The summed E-state index contributed by atoms with van der Waals surface area (Å²) in [5.74, 6) is -0.314. The highest BCUT2D eigenvalue weighted by Gasteiger charge is 2.15. The van der Waals surface area contributed by atoms with E-state index in [0.717, 1.165) is 23.3 Å². The second-order valence-corrected chi connectivity index (χ2v) is 5.65. The van der Waals surface area contributed by atoms with E-state index in [9.17, 15) is 9.59 Å². The topological polar surface area (TPSA) is 117 Å². The largest absolute Gasteiger partial charge is 0.358 e. The Morgan fingerprint density at radius 1 is 1.29 bits per heavy atom. The van der Waals surface area contributed by atoms with E-state index in [1.807, 2.05) is 6.92 Å². The number of carbonyl (C=O) groups is 1. The van der Waals surface area contributed by atoms with Crippen LogP contribution in [-0.2, 0) is 17.6 Å². The maximum atomic E-state index is 12.2. The van der Waals surface area contributed by atoms with Gasteiger partial charge in [0.25, 0.3) is 0 Å². The summed E-state index contributed by atoms with van der Waals surface area (Å²) in [7, 11) is 0. The number of nitrogens with two attached hydrogens (primary N) is 1. The SMILES string of the molecule is CCc1cc(=O)c2cc(NC(=O)C(N)Cc3ccn[nH]3)ccc2[nH]1. The molecule has 3 rings (SSSR count). The molecule has 0 saturated heterocycles. The molecule has 7 heteroatoms. The van der Waals surface area contributed by atoms with E-state index in [4.69, 9.17) is 5.73 Å². The smallest absolute Gasteiger partial charge is 0.241 e. The fourth-order valence-electron chi connectivity index (χ4n) is 2.53. The molecule has 5 N–H and O–H groups in total. The Balaban J connectivity index is 1.78. The number of benzene rings is 1. The molecule has 0 spiro atoms. The molecule has 1 aromatic carbocycles. The van der Waals surface area contributed by atoms with Gasteiger partial charge in [-0.25, -0.2) is 0 Å². The monoisotopic (exact) mass is 325 g/mol. The number of amides is 1. The molecule has 0 fully saturated rings. The van der Waals surface area contributed by atoms with Gasteiger partial charge in [-0.05, 0) is 30.7 Å². The summed E-state index contributed by atoms with van der Waals surface area (Å²) in [6.07, 6.45) is 2.73. The van der Waals surface area contributed by atoms with Crippen molar-refractivity contribution in [3.8, 4) is 0 Å². The zero-order valence-corrected chi connectivity index (χ0v) is 13.3. The highest BCUT2D eigenvalue weighted by Crippen LogP contribution is 2.16. The van der Waals surface area contributed by atoms with Gasteiger partial charge in [0.05, 0.1) is 6.04 Å². The van der Waals surface area contributed by atoms with Crippen LogP contribution in [0.5, 0.6) is 0 Å². The predicted molar refractivity (Wildman–Crippen MR) is 92.8 cm³/mol. The van der Waals surface area contributed by atoms with Crippen LogP contribution < -0.4 is 16.5 Å². The van der Waals surface area contributed by atoms with Crippen molar-refractivity contribution in [2.24, 2.45) is 5.73 Å². The van der Waals surface area contributed by atoms with Crippen LogP contribution in [0, 0.1) is 0 Å². The molecule has 7 nitrogen and oxygen atoms in total. The number of aryl methyl sites for hydroxylation is 1. The number of hydrogen-bond donors (Lipinski definition) is 4. The number of nitrogens with zero attached hydrogens (tertiary/aromatic N) is 1. The number of pyridine rings is 1. The van der Waals surface area contributed by atoms with Gasteiger partial charge in [0, 0.05) is 46.7 Å². The number of fused-ring (bicyclic) bond motifs is 1. The third-order valence-corrected chi connectivity index (χ3v) is 3.87. The maximum Gasteiger partial charge on any atom is 0.241 e. The molecule has 2 heterocycles. The Morgan fingerprint density at radius 3 is 2.83 bits per heavy atom. The van der Waals surface area contributed by atoms with Crippen LogP contribution in [0.15, 0.2) is 41.3 Å². The van der Waals surface area contributed by atoms with E-state index in [2.05, 4.69) is 20.5 Å². The van der Waals surface area contributed by atoms with Crippen molar-refractivity contribution in [1.82, 2.24) is 15.2 Å². The molecule has 1 unspecified atom stereocenters. The lowest BCUT2D eigenvalue weighted by atomic mass is 10.1. The molecular formula is C17H19N5O2. The lowest BCUT2D eigenvalue weighted by Crippen LogP contribution is -2.37. The molecular weight excluding hydrogens is 306 g/mol. The van der Waals surface area contributed by atoms with E-state index >= 15 is 0 Å². The van der Waals surface area contributed by atoms with Crippen LogP contribution in [0.25, 0.3) is 10.9 Å². The van der Waals surface area contributed by atoms with Crippen LogP contribution in [0.2, 0.25) is 0 Å². The summed E-state index contributed by atoms with van der Waals surface area (Å²) in [6.45, 7) is 1.98. The minimum absolute atomic E-state index is 0.0709. The number of aromatic amines is 2. The third-order valence-electron chi connectivity index (χ3n) is 3.87. The fourth-order valence-corrected chi connectivity index (χ4v) is 2.53. The molecule has 1 atom stereocenters. The second-order valence-electron chi connectivity index (χ2n) is 5.65. The lowest BCUT2D eigenvalue weighted by molar-refractivity contribution is -0.117. The van der Waals surface area contributed by atoms with E-state index < -0.39 is 6.04 Å². The number of hydrogen-bond acceptors (Lipinski definition) is 4. The summed E-state index contributed by atoms with van der Waals surface area (Å²) < 4.78 is 0. The molecule has 24 heavy (non-hydrogen) atoms. The minimum Gasteiger partial charge on any atom is -0.358 e. The van der Waals surface area contributed by atoms with Crippen molar-refractivity contribution in [2.45, 2.75) is 25.8 Å². The number of aromatic nitrogens is 3. The summed E-state index contributed by atoms with van der Waals surface area (Å²) in [5, 5.41) is 9.89. The Morgan fingerprint density at radius 2 is 2.12 bits per heavy atom. The van der Waals surface area contributed by atoms with Crippen LogP contribution in [-0.4, -0.2) is 27.1 Å². The maximum absolute atomic E-state index is 12.2. The molecule has 0 bridgehead atoms. The van der Waals surface area contributed by atoms with E-state index in [-0.39, 0.29) is 11.3 Å². The summed E-state index contributed by atoms with van der Waals surface area (Å²) in [6, 6.07) is 7.84. The molecule has 1 amide bonds. The normalized spacial score (nSPS) is 12.2. The van der Waals surface area contributed by atoms with Gasteiger partial charge in [-0.1, -0.05) is 6.92 Å². The van der Waals surface area contributed by atoms with Gasteiger partial charge in [0.15, 0.2) is 5.43 Å². The standard InChI is InChI=1S/C17H19N5O2/c1-2-10-9-16(23)13-7-11(3-4-15(13)20-10)21-17(24)14(18)8-12-5-6-19-22-12/h3-7,9,14H,2,8,18H2,1H3,(H,19,22)(H,20,23)(H,21,24). The zero-order valence-electron chi connectivity index (χ0n) is 13.3. The predicted octanol–water partition coefficient (Wildman–Crippen LogP) is 1.32. The molecule has 0 radical (unpaired) electrons. The van der Waals surface area contributed by atoms with Crippen molar-refractivity contribution in [1.29, 1.82) is 0 Å². The van der Waals surface area contributed by atoms with Crippen molar-refractivity contribution < 1.29 is 4.79 Å². The first kappa shape index (κ1) is 15.9. The summed E-state index contributed by atoms with van der Waals surface area (Å²) in [4.78, 5) is 27.6. The Hall–Kier alpha value is -2.93. The first-order valence-corrected chi connectivity index (χ1v) is 7.77. The minimum atomic E-state index is -0.707. The van der Waals surface area contributed by atoms with Gasteiger partial charge in [0.1, 0.15) is 0 Å². The molecule has 124 valence electrons. The van der Waals surface area contributed by atoms with Crippen LogP contribution in [0.4, 0.5) is 5.69 Å². The van der Waals surface area contributed by atoms with E-state index in [1.54, 1.807) is 36.5 Å². The van der Waals surface area contributed by atoms with Gasteiger partial charge in [-0.2, -0.15) is 5.10 Å². The van der Waals surface area contributed by atoms with Crippen molar-refractivity contribution in [3.05, 3.63) is 58.1 Å². The second kappa shape index (κ2) is 6.67. The Kier molecular flexibility index (Phi) is 4.43. The first-order chi connectivity index (χ1) is 11.6. The Bertz CT molecular complexity index is 914. The quantitative estimate of drug-likeness (QED) is 0.566. The van der Waals surface area contributed by atoms with Gasteiger partial charge in [-0.3, -0.25) is 14.7 Å². The molecule has 2 aromatic heterocycles. The number of H-pyrrole nitrogens is 2. The lowest BCUT2D eigenvalue weighted by Gasteiger charge is -2.12. The van der Waals surface area contributed by atoms with Gasteiger partial charge in [0.2, 0.25) is 5.91 Å². The number of carbonyl (C=O) groups excluding carboxylic acids is 1. The van der Waals surface area contributed by atoms with E-state index in [0.29, 0.717) is 17.5 Å². The molecule has 0 saturated carbocycles. The zero-order chi connectivity index (χ0) is 17.1. The van der Waals surface area contributed by atoms with Gasteiger partial charge in [-0.15, -0.1) is 0 Å². The number of anilines is 1. The van der Waals surface area contributed by atoms with Crippen molar-refractivity contribution in [2.75, 3.05) is 5.32 Å². The average molecular weight is 325 g/mol. The van der Waals surface area contributed by atoms with E-state index in [1.165, 1.54) is 0 Å². The fraction of sp³-hybridized carbons (Fsp3) is 0.235. The molecule has 0 aliphatic rings. The van der Waals surface area contributed by atoms with Gasteiger partial charge >= 0.3 is 0 Å². The third kappa shape index (κ3) is 3.36. The number of rotatable bonds is 5. The summed E-state index contributed by atoms with van der Waals surface area (Å²) in [5.41, 5.74) is 8.80. The first-order valence-electron chi connectivity index (χ1n) is 7.77. The van der Waals surface area contributed by atoms with Crippen LogP contribution >= 0.6 is 0 Å². The van der Waals surface area contributed by atoms with Crippen LogP contribution in [0.3, 0.4) is 0 Å². The van der Waals surface area contributed by atoms with Gasteiger partial charge < -0.3 is 16.0 Å². The molecule has 0 aliphatic carbocycles. The molecule has 0 aliphatic heterocycles. The summed E-state index contributed by atoms with van der Waals surface area (Å²) >= 11 is 0. The molecule has 3 aromatic rings. The Labute approximate surface area is 138 Å². The highest BCUT2D eigenvalue weighted by molar-refractivity contribution is 5.96.